The van der Waals surface area contributed by atoms with Gasteiger partial charge in [-0.05, 0) is 38.1 Å². The Bertz CT molecular complexity index is 492. The molecule has 1 aromatic carbocycles. The second-order valence-electron chi connectivity index (χ2n) is 4.01. The van der Waals surface area contributed by atoms with E-state index in [4.69, 9.17) is 11.6 Å². The zero-order valence-electron chi connectivity index (χ0n) is 10.4. The number of rotatable bonds is 2. The van der Waals surface area contributed by atoms with Crippen LogP contribution in [0.25, 0.3) is 0 Å². The van der Waals surface area contributed by atoms with Gasteiger partial charge in [-0.2, -0.15) is 5.10 Å². The van der Waals surface area contributed by atoms with Gasteiger partial charge in [-0.15, -0.1) is 0 Å². The van der Waals surface area contributed by atoms with Crippen molar-refractivity contribution in [1.82, 2.24) is 0 Å². The van der Waals surface area contributed by atoms with Gasteiger partial charge in [0.25, 0.3) is 0 Å². The predicted molar refractivity (Wildman–Crippen MR) is 78.5 cm³/mol. The third-order valence-electron chi connectivity index (χ3n) is 2.62. The summed E-state index contributed by atoms with van der Waals surface area (Å²) < 4.78 is 0. The summed E-state index contributed by atoms with van der Waals surface area (Å²) in [7, 11) is 0. The highest BCUT2D eigenvalue weighted by Crippen LogP contribution is 2.13. The Hall–Kier alpha value is -1.68. The highest BCUT2D eigenvalue weighted by Gasteiger charge is 2.10. The fourth-order valence-corrected chi connectivity index (χ4v) is 1.78. The molecule has 0 saturated heterocycles. The van der Waals surface area contributed by atoms with Crippen LogP contribution in [0, 0.1) is 0 Å². The third-order valence-corrected chi connectivity index (χ3v) is 2.88. The molecule has 1 N–H and O–H groups in total. The van der Waals surface area contributed by atoms with Gasteiger partial charge < -0.3 is 0 Å². The van der Waals surface area contributed by atoms with Crippen LogP contribution in [0.3, 0.4) is 0 Å². The Balaban J connectivity index is 2.19. The fraction of sp³-hybridized carbons (Fsp3) is 0.308. The Morgan fingerprint density at radius 1 is 1.06 bits per heavy atom. The lowest BCUT2D eigenvalue weighted by molar-refractivity contribution is 0.983. The van der Waals surface area contributed by atoms with Gasteiger partial charge in [-0.1, -0.05) is 11.6 Å². The van der Waals surface area contributed by atoms with Crippen LogP contribution < -0.4 is 5.43 Å². The van der Waals surface area contributed by atoms with Gasteiger partial charge >= 0.3 is 0 Å². The van der Waals surface area contributed by atoms with E-state index in [0.29, 0.717) is 5.02 Å². The number of halogens is 1. The molecular formula is C13H15ClN4. The van der Waals surface area contributed by atoms with Crippen molar-refractivity contribution in [1.29, 1.82) is 0 Å². The lowest BCUT2D eigenvalue weighted by Gasteiger charge is -2.05. The lowest BCUT2D eigenvalue weighted by Crippen LogP contribution is -2.20. The molecule has 0 radical (unpaired) electrons. The Morgan fingerprint density at radius 2 is 1.61 bits per heavy atom. The van der Waals surface area contributed by atoms with Crippen molar-refractivity contribution in [3.8, 4) is 0 Å². The first kappa shape index (κ1) is 12.8. The van der Waals surface area contributed by atoms with E-state index in [2.05, 4.69) is 20.5 Å². The molecule has 18 heavy (non-hydrogen) atoms. The van der Waals surface area contributed by atoms with Crippen LogP contribution in [-0.2, 0) is 0 Å². The van der Waals surface area contributed by atoms with Crippen molar-refractivity contribution >= 4 is 34.4 Å². The van der Waals surface area contributed by atoms with E-state index in [9.17, 15) is 0 Å². The second kappa shape index (κ2) is 5.78. The van der Waals surface area contributed by atoms with Crippen LogP contribution in [0.4, 0.5) is 5.69 Å². The molecule has 0 amide bonds. The molecule has 1 aromatic rings. The number of aliphatic imine (C=N–C) groups is 2. The van der Waals surface area contributed by atoms with Crippen molar-refractivity contribution in [2.45, 2.75) is 13.8 Å². The van der Waals surface area contributed by atoms with Gasteiger partial charge in [0, 0.05) is 5.02 Å². The first-order valence-electron chi connectivity index (χ1n) is 5.79. The predicted octanol–water partition coefficient (Wildman–Crippen LogP) is 3.04. The molecule has 1 aliphatic rings. The molecule has 0 saturated carbocycles. The molecule has 1 heterocycles. The van der Waals surface area contributed by atoms with Crippen LogP contribution in [0.1, 0.15) is 13.8 Å². The maximum atomic E-state index is 5.83. The largest absolute Gasteiger partial charge is 0.286 e. The van der Waals surface area contributed by atoms with Crippen molar-refractivity contribution in [2.24, 2.45) is 15.1 Å². The van der Waals surface area contributed by atoms with E-state index in [1.807, 2.05) is 38.1 Å². The Morgan fingerprint density at radius 3 is 2.17 bits per heavy atom. The molecule has 5 heteroatoms. The molecule has 1 aliphatic heterocycles. The molecule has 94 valence electrons. The summed E-state index contributed by atoms with van der Waals surface area (Å²) in [5.74, 6) is 0. The molecular weight excluding hydrogens is 248 g/mol. The molecule has 0 bridgehead atoms. The van der Waals surface area contributed by atoms with E-state index in [-0.39, 0.29) is 0 Å². The van der Waals surface area contributed by atoms with Crippen LogP contribution in [0.2, 0.25) is 5.02 Å². The van der Waals surface area contributed by atoms with Gasteiger partial charge in [-0.25, -0.2) is 0 Å². The second-order valence-corrected chi connectivity index (χ2v) is 4.45. The topological polar surface area (TPSA) is 49.1 Å². The molecule has 0 spiro atoms. The minimum absolute atomic E-state index is 0.707. The minimum Gasteiger partial charge on any atom is -0.286 e. The van der Waals surface area contributed by atoms with Gasteiger partial charge in [0.15, 0.2) is 0 Å². The molecule has 0 atom stereocenters. The van der Waals surface area contributed by atoms with Crippen LogP contribution in [0.15, 0.2) is 39.4 Å². The normalized spacial score (nSPS) is 15.6. The molecule has 4 nitrogen and oxygen atoms in total. The SMILES string of the molecule is CC1=NCCN=C(C)C1=NNc1ccc(Cl)cc1. The van der Waals surface area contributed by atoms with Crippen LogP contribution >= 0.6 is 11.6 Å². The van der Waals surface area contributed by atoms with Crippen molar-refractivity contribution in [3.63, 3.8) is 0 Å². The maximum absolute atomic E-state index is 5.83. The Labute approximate surface area is 111 Å². The summed E-state index contributed by atoms with van der Waals surface area (Å²) in [4.78, 5) is 8.78. The van der Waals surface area contributed by atoms with Crippen LogP contribution in [-0.4, -0.2) is 30.2 Å². The van der Waals surface area contributed by atoms with Crippen molar-refractivity contribution < 1.29 is 0 Å². The summed E-state index contributed by atoms with van der Waals surface area (Å²) in [6.45, 7) is 5.35. The standard InChI is InChI=1S/C13H15ClN4/c1-9-13(10(2)16-8-7-15-9)18-17-12-5-3-11(14)4-6-12/h3-6,17H,7-8H2,1-2H3. The smallest absolute Gasteiger partial charge is 0.125 e. The quantitative estimate of drug-likeness (QED) is 0.819. The van der Waals surface area contributed by atoms with Crippen LogP contribution in [0.5, 0.6) is 0 Å². The molecule has 0 aliphatic carbocycles. The number of nitrogens with zero attached hydrogens (tertiary/aromatic N) is 3. The zero-order chi connectivity index (χ0) is 13.0. The summed E-state index contributed by atoms with van der Waals surface area (Å²) in [6.07, 6.45) is 0. The summed E-state index contributed by atoms with van der Waals surface area (Å²) in [5, 5.41) is 5.07. The zero-order valence-corrected chi connectivity index (χ0v) is 11.2. The third kappa shape index (κ3) is 3.17. The van der Waals surface area contributed by atoms with Crippen molar-refractivity contribution in [3.05, 3.63) is 29.3 Å². The van der Waals surface area contributed by atoms with Gasteiger partial charge in [0.1, 0.15) is 5.71 Å². The number of hydrogen-bond acceptors (Lipinski definition) is 4. The van der Waals surface area contributed by atoms with E-state index in [1.165, 1.54) is 0 Å². The van der Waals surface area contributed by atoms with E-state index in [0.717, 1.165) is 35.9 Å². The number of hydrogen-bond donors (Lipinski definition) is 1. The highest BCUT2D eigenvalue weighted by atomic mass is 35.5. The average molecular weight is 263 g/mol. The number of anilines is 1. The number of benzene rings is 1. The highest BCUT2D eigenvalue weighted by molar-refractivity contribution is 6.68. The number of nitrogens with one attached hydrogen (secondary N) is 1. The summed E-state index contributed by atoms with van der Waals surface area (Å²) in [5.41, 5.74) is 6.52. The van der Waals surface area contributed by atoms with E-state index < -0.39 is 0 Å². The molecule has 0 unspecified atom stereocenters. The molecule has 2 rings (SSSR count). The van der Waals surface area contributed by atoms with Crippen molar-refractivity contribution in [2.75, 3.05) is 18.5 Å². The lowest BCUT2D eigenvalue weighted by atomic mass is 10.2. The first-order valence-corrected chi connectivity index (χ1v) is 6.17. The number of hydrazone groups is 1. The van der Waals surface area contributed by atoms with E-state index >= 15 is 0 Å². The molecule has 0 aromatic heterocycles. The summed E-state index contributed by atoms with van der Waals surface area (Å²) >= 11 is 5.83. The maximum Gasteiger partial charge on any atom is 0.125 e. The minimum atomic E-state index is 0.707. The fourth-order valence-electron chi connectivity index (χ4n) is 1.65. The Kier molecular flexibility index (Phi) is 4.10. The van der Waals surface area contributed by atoms with E-state index in [1.54, 1.807) is 0 Å². The molecule has 0 fully saturated rings. The summed E-state index contributed by atoms with van der Waals surface area (Å²) in [6, 6.07) is 7.39. The first-order chi connectivity index (χ1) is 8.66. The average Bonchev–Trinajstić information content (AvgIpc) is 2.51. The monoisotopic (exact) mass is 262 g/mol. The van der Waals surface area contributed by atoms with Gasteiger partial charge in [-0.3, -0.25) is 15.4 Å². The van der Waals surface area contributed by atoms with Gasteiger partial charge in [0.05, 0.1) is 30.2 Å². The van der Waals surface area contributed by atoms with Gasteiger partial charge in [0.2, 0.25) is 0 Å².